The van der Waals surface area contributed by atoms with Gasteiger partial charge in [0.25, 0.3) is 0 Å². The molecule has 4 aromatic rings. The predicted molar refractivity (Wildman–Crippen MR) is 233 cm³/mol. The number of piperidine rings is 2. The molecule has 58 heavy (non-hydrogen) atoms. The second-order valence-corrected chi connectivity index (χ2v) is 17.4. The molecule has 2 fully saturated rings. The number of carboxylic acid groups (broad SMARTS) is 1. The highest BCUT2D eigenvalue weighted by atomic mass is 79.9. The highest BCUT2D eigenvalue weighted by Crippen LogP contribution is 2.47. The van der Waals surface area contributed by atoms with Crippen LogP contribution < -0.4 is 5.32 Å². The van der Waals surface area contributed by atoms with Crippen molar-refractivity contribution in [3.63, 3.8) is 0 Å². The Morgan fingerprint density at radius 3 is 1.79 bits per heavy atom. The average Bonchev–Trinajstić information content (AvgIpc) is 3.45. The van der Waals surface area contributed by atoms with Crippen LogP contribution in [0.3, 0.4) is 0 Å². The molecule has 4 aliphatic rings. The maximum Gasteiger partial charge on any atom is 0.409 e. The van der Waals surface area contributed by atoms with Gasteiger partial charge < -0.3 is 24.8 Å². The van der Waals surface area contributed by atoms with Gasteiger partial charge in [-0.2, -0.15) is 0 Å². The van der Waals surface area contributed by atoms with Crippen LogP contribution in [0.5, 0.6) is 0 Å². The minimum absolute atomic E-state index is 0.0480. The maximum absolute atomic E-state index is 12.7. The maximum atomic E-state index is 12.7. The number of benzene rings is 2. The number of hydrogen-bond acceptors (Lipinski definition) is 8. The second-order valence-electron chi connectivity index (χ2n) is 14.7. The SMILES string of the molecule is CCOC(=O)N1CCC(C2c3ccc(Cl)cc3C=C(C(=O)OC)c3cc(Br)cnc32)CC1.O=C(O)C1=Cc2cc(Cl)ccc2C(C2CCNCC2)c2ncc(Br)cc21. The molecule has 2 unspecified atom stereocenters. The van der Waals surface area contributed by atoms with E-state index in [1.165, 1.54) is 7.11 Å². The summed E-state index contributed by atoms with van der Waals surface area (Å²) in [6.07, 6.45) is 10.5. The zero-order valence-electron chi connectivity index (χ0n) is 31.9. The minimum atomic E-state index is -0.956. The number of aromatic nitrogens is 2. The molecule has 14 heteroatoms. The topological polar surface area (TPSA) is 131 Å². The first kappa shape index (κ1) is 42.1. The van der Waals surface area contributed by atoms with Crippen molar-refractivity contribution in [1.82, 2.24) is 20.2 Å². The Balaban J connectivity index is 0.000000180. The molecular formula is C44H42Br2Cl2N4O6. The molecular weight excluding hydrogens is 911 g/mol. The number of rotatable bonds is 5. The molecule has 0 radical (unpaired) electrons. The fraction of sp³-hybridized carbons (Fsp3) is 0.341. The summed E-state index contributed by atoms with van der Waals surface area (Å²) in [4.78, 5) is 48.1. The predicted octanol–water partition coefficient (Wildman–Crippen LogP) is 10.1. The van der Waals surface area contributed by atoms with Gasteiger partial charge >= 0.3 is 18.0 Å². The summed E-state index contributed by atoms with van der Waals surface area (Å²) in [5, 5.41) is 14.4. The lowest BCUT2D eigenvalue weighted by molar-refractivity contribution is -0.133. The van der Waals surface area contributed by atoms with Gasteiger partial charge in [-0.15, -0.1) is 0 Å². The molecule has 4 heterocycles. The number of aliphatic carboxylic acids is 1. The molecule has 0 bridgehead atoms. The molecule has 2 atom stereocenters. The van der Waals surface area contributed by atoms with Gasteiger partial charge in [0, 0.05) is 67.4 Å². The van der Waals surface area contributed by atoms with E-state index in [0.29, 0.717) is 46.8 Å². The van der Waals surface area contributed by atoms with Crippen LogP contribution in [-0.2, 0) is 19.1 Å². The third-order valence-electron chi connectivity index (χ3n) is 11.3. The van der Waals surface area contributed by atoms with Crippen LogP contribution in [0.25, 0.3) is 23.3 Å². The van der Waals surface area contributed by atoms with Crippen molar-refractivity contribution in [1.29, 1.82) is 0 Å². The highest BCUT2D eigenvalue weighted by Gasteiger charge is 2.38. The lowest BCUT2D eigenvalue weighted by Gasteiger charge is -2.36. The van der Waals surface area contributed by atoms with E-state index in [1.54, 1.807) is 23.4 Å². The number of nitrogens with zero attached hydrogens (tertiary/aromatic N) is 3. The first-order valence-electron chi connectivity index (χ1n) is 19.2. The quantitative estimate of drug-likeness (QED) is 0.188. The number of carboxylic acids is 1. The first-order chi connectivity index (χ1) is 28.0. The van der Waals surface area contributed by atoms with Gasteiger partial charge in [0.1, 0.15) is 0 Å². The minimum Gasteiger partial charge on any atom is -0.478 e. The number of likely N-dealkylation sites (tertiary alicyclic amines) is 1. The second kappa shape index (κ2) is 18.5. The van der Waals surface area contributed by atoms with Gasteiger partial charge in [-0.25, -0.2) is 14.4 Å². The number of carbonyl (C=O) groups is 3. The number of carbonyl (C=O) groups excluding carboxylic acids is 2. The number of amides is 1. The fourth-order valence-corrected chi connectivity index (χ4v) is 9.74. The fourth-order valence-electron chi connectivity index (χ4n) is 8.71. The van der Waals surface area contributed by atoms with E-state index in [0.717, 1.165) is 86.9 Å². The monoisotopic (exact) mass is 950 g/mol. The summed E-state index contributed by atoms with van der Waals surface area (Å²) < 4.78 is 11.8. The van der Waals surface area contributed by atoms with E-state index in [1.807, 2.05) is 61.5 Å². The van der Waals surface area contributed by atoms with Crippen LogP contribution in [0.2, 0.25) is 10.0 Å². The largest absolute Gasteiger partial charge is 0.478 e. The van der Waals surface area contributed by atoms with Gasteiger partial charge in [0.2, 0.25) is 0 Å². The van der Waals surface area contributed by atoms with Gasteiger partial charge in [0.05, 0.1) is 36.3 Å². The first-order valence-corrected chi connectivity index (χ1v) is 21.6. The molecule has 0 saturated carbocycles. The van der Waals surface area contributed by atoms with Gasteiger partial charge in [-0.1, -0.05) is 35.3 Å². The molecule has 2 saturated heterocycles. The summed E-state index contributed by atoms with van der Waals surface area (Å²) in [7, 11) is 1.38. The van der Waals surface area contributed by atoms with Crippen LogP contribution in [0.4, 0.5) is 4.79 Å². The summed E-state index contributed by atoms with van der Waals surface area (Å²) in [5.41, 5.74) is 7.74. The normalized spacial score (nSPS) is 19.0. The van der Waals surface area contributed by atoms with Crippen molar-refractivity contribution >= 4 is 96.4 Å². The molecule has 2 aliphatic heterocycles. The highest BCUT2D eigenvalue weighted by molar-refractivity contribution is 9.10. The van der Waals surface area contributed by atoms with Crippen LogP contribution in [0, 0.1) is 11.8 Å². The number of halogens is 4. The number of hydrogen-bond donors (Lipinski definition) is 2. The van der Waals surface area contributed by atoms with Gasteiger partial charge in [0.15, 0.2) is 0 Å². The third-order valence-corrected chi connectivity index (χ3v) is 12.7. The summed E-state index contributed by atoms with van der Waals surface area (Å²) in [6.45, 7) is 5.34. The van der Waals surface area contributed by atoms with E-state index in [2.05, 4.69) is 42.2 Å². The van der Waals surface area contributed by atoms with E-state index in [-0.39, 0.29) is 29.4 Å². The third kappa shape index (κ3) is 8.91. The Morgan fingerprint density at radius 2 is 1.29 bits per heavy atom. The van der Waals surface area contributed by atoms with Crippen LogP contribution in [0.1, 0.15) is 89.2 Å². The Bertz CT molecular complexity index is 2310. The summed E-state index contributed by atoms with van der Waals surface area (Å²) >= 11 is 19.5. The number of fused-ring (bicyclic) bond motifs is 4. The van der Waals surface area contributed by atoms with E-state index < -0.39 is 11.9 Å². The van der Waals surface area contributed by atoms with Crippen molar-refractivity contribution in [2.24, 2.45) is 11.8 Å². The molecule has 2 N–H and O–H groups in total. The molecule has 0 spiro atoms. The van der Waals surface area contributed by atoms with Crippen molar-refractivity contribution < 1.29 is 29.0 Å². The molecule has 2 aromatic carbocycles. The molecule has 1 amide bonds. The molecule has 2 aliphatic carbocycles. The van der Waals surface area contributed by atoms with Gasteiger partial charge in [-0.05, 0) is 160 Å². The Kier molecular flexibility index (Phi) is 13.4. The number of methoxy groups -OCH3 is 1. The lowest BCUT2D eigenvalue weighted by atomic mass is 9.76. The Hall–Kier alpha value is -4.07. The number of ether oxygens (including phenoxy) is 2. The zero-order valence-corrected chi connectivity index (χ0v) is 36.6. The smallest absolute Gasteiger partial charge is 0.409 e. The lowest BCUT2D eigenvalue weighted by Crippen LogP contribution is -2.40. The van der Waals surface area contributed by atoms with Gasteiger partial charge in [-0.3, -0.25) is 9.97 Å². The van der Waals surface area contributed by atoms with Crippen LogP contribution in [0.15, 0.2) is 69.9 Å². The standard InChI is InChI=1S/C24H24BrClN2O4.C20H18BrClN2O2/c1-3-32-24(30)28-8-6-14(7-9-28)21-18-5-4-17(26)10-15(18)11-20(23(29)31-2)19-12-16(25)13-27-22(19)21;21-13-9-16-17(20(25)26)8-12-7-14(22)1-2-15(12)18(19(16)24-10-13)11-3-5-23-6-4-11/h4-5,10-14,21H,3,6-9H2,1-2H3;1-2,7-11,18,23H,3-6H2,(H,25,26). The Morgan fingerprint density at radius 1 is 0.793 bits per heavy atom. The summed E-state index contributed by atoms with van der Waals surface area (Å²) in [6, 6.07) is 15.3. The summed E-state index contributed by atoms with van der Waals surface area (Å²) in [5.74, 6) is -0.727. The molecule has 10 nitrogen and oxygen atoms in total. The van der Waals surface area contributed by atoms with E-state index >= 15 is 0 Å². The van der Waals surface area contributed by atoms with Crippen molar-refractivity contribution in [3.05, 3.63) is 125 Å². The molecule has 302 valence electrons. The van der Waals surface area contributed by atoms with Crippen LogP contribution in [-0.4, -0.2) is 77.9 Å². The van der Waals surface area contributed by atoms with Crippen molar-refractivity contribution in [2.45, 2.75) is 44.4 Å². The van der Waals surface area contributed by atoms with Crippen molar-refractivity contribution in [2.75, 3.05) is 39.9 Å². The average molecular weight is 954 g/mol. The van der Waals surface area contributed by atoms with E-state index in [4.69, 9.17) is 37.7 Å². The molecule has 8 rings (SSSR count). The zero-order chi connectivity index (χ0) is 41.1. The Labute approximate surface area is 364 Å². The molecule has 2 aromatic heterocycles. The number of esters is 1. The van der Waals surface area contributed by atoms with Crippen LogP contribution >= 0.6 is 55.1 Å². The number of nitrogens with one attached hydrogen (secondary N) is 1. The number of pyridine rings is 2. The van der Waals surface area contributed by atoms with Crippen molar-refractivity contribution in [3.8, 4) is 0 Å². The van der Waals surface area contributed by atoms with E-state index in [9.17, 15) is 19.5 Å².